The lowest BCUT2D eigenvalue weighted by atomic mass is 9.88. The van der Waals surface area contributed by atoms with Crippen LogP contribution in [0.4, 0.5) is 0 Å². The van der Waals surface area contributed by atoms with Gasteiger partial charge in [0, 0.05) is 12.0 Å². The molecular weight excluding hydrogens is 306 g/mol. The molecule has 6 heteroatoms. The topological polar surface area (TPSA) is 104 Å². The zero-order chi connectivity index (χ0) is 17.5. The maximum atomic E-state index is 12.5. The van der Waals surface area contributed by atoms with Crippen LogP contribution in [0.5, 0.6) is 0 Å². The van der Waals surface area contributed by atoms with Gasteiger partial charge in [-0.05, 0) is 62.4 Å². The summed E-state index contributed by atoms with van der Waals surface area (Å²) in [6, 6.07) is 5.29. The summed E-state index contributed by atoms with van der Waals surface area (Å²) >= 11 is 0. The van der Waals surface area contributed by atoms with E-state index in [0.717, 1.165) is 37.8 Å². The Morgan fingerprint density at radius 3 is 2.75 bits per heavy atom. The molecule has 1 amide bonds. The third-order valence-electron chi connectivity index (χ3n) is 4.63. The summed E-state index contributed by atoms with van der Waals surface area (Å²) in [6.45, 7) is 3.97. The van der Waals surface area contributed by atoms with Crippen LogP contribution < -0.4 is 16.4 Å². The first kappa shape index (κ1) is 18.6. The highest BCUT2D eigenvalue weighted by molar-refractivity contribution is 5.95. The number of carbonyl (C=O) groups is 2. The molecular formula is C18H27N3O3. The summed E-state index contributed by atoms with van der Waals surface area (Å²) in [6.07, 6.45) is 2.34. The van der Waals surface area contributed by atoms with E-state index >= 15 is 0 Å². The van der Waals surface area contributed by atoms with Crippen molar-refractivity contribution in [2.45, 2.75) is 50.8 Å². The number of rotatable bonds is 7. The van der Waals surface area contributed by atoms with Crippen LogP contribution in [0.1, 0.15) is 53.1 Å². The molecule has 1 heterocycles. The maximum absolute atomic E-state index is 12.5. The highest BCUT2D eigenvalue weighted by Gasteiger charge is 2.21. The first-order chi connectivity index (χ1) is 11.5. The molecule has 0 aliphatic carbocycles. The van der Waals surface area contributed by atoms with Crippen molar-refractivity contribution in [2.24, 2.45) is 5.73 Å². The minimum Gasteiger partial charge on any atom is -0.377 e. The van der Waals surface area contributed by atoms with Gasteiger partial charge in [-0.3, -0.25) is 4.79 Å². The Labute approximate surface area is 142 Å². The van der Waals surface area contributed by atoms with E-state index in [4.69, 9.17) is 5.73 Å². The molecule has 1 fully saturated rings. The van der Waals surface area contributed by atoms with Gasteiger partial charge in [0.2, 0.25) is 0 Å². The molecule has 0 spiro atoms. The summed E-state index contributed by atoms with van der Waals surface area (Å²) in [5.41, 5.74) is 8.23. The lowest BCUT2D eigenvalue weighted by Gasteiger charge is -2.24. The van der Waals surface area contributed by atoms with Crippen molar-refractivity contribution in [3.8, 4) is 0 Å². The predicted octanol–water partition coefficient (Wildman–Crippen LogP) is 0.817. The van der Waals surface area contributed by atoms with Crippen LogP contribution in [0.3, 0.4) is 0 Å². The maximum Gasteiger partial charge on any atom is 0.251 e. The number of nitrogens with two attached hydrogens (primary N) is 1. The molecule has 6 nitrogen and oxygen atoms in total. The van der Waals surface area contributed by atoms with Crippen molar-refractivity contribution in [1.82, 2.24) is 10.6 Å². The molecule has 5 N–H and O–H groups in total. The summed E-state index contributed by atoms with van der Waals surface area (Å²) in [4.78, 5) is 22.9. The Hall–Kier alpha value is -1.76. The van der Waals surface area contributed by atoms with Crippen LogP contribution in [0.2, 0.25) is 0 Å². The van der Waals surface area contributed by atoms with E-state index in [2.05, 4.69) is 16.7 Å². The van der Waals surface area contributed by atoms with Crippen molar-refractivity contribution < 1.29 is 14.7 Å². The van der Waals surface area contributed by atoms with E-state index < -0.39 is 12.3 Å². The van der Waals surface area contributed by atoms with Crippen molar-refractivity contribution in [1.29, 1.82) is 0 Å². The number of aliphatic hydroxyl groups is 1. The molecule has 0 saturated carbocycles. The monoisotopic (exact) mass is 333 g/mol. The number of aliphatic hydroxyl groups excluding tert-OH is 1. The number of amides is 1. The average Bonchev–Trinajstić information content (AvgIpc) is 2.58. The lowest BCUT2D eigenvalue weighted by Crippen LogP contribution is -2.47. The van der Waals surface area contributed by atoms with E-state index in [1.807, 2.05) is 19.1 Å². The summed E-state index contributed by atoms with van der Waals surface area (Å²) in [7, 11) is 0. The fraction of sp³-hybridized carbons (Fsp3) is 0.556. The Morgan fingerprint density at radius 2 is 2.17 bits per heavy atom. The molecule has 0 radical (unpaired) electrons. The molecule has 132 valence electrons. The molecule has 1 saturated heterocycles. The second-order valence-corrected chi connectivity index (χ2v) is 6.41. The zero-order valence-electron chi connectivity index (χ0n) is 14.1. The zero-order valence-corrected chi connectivity index (χ0v) is 14.1. The van der Waals surface area contributed by atoms with Crippen molar-refractivity contribution >= 4 is 12.2 Å². The van der Waals surface area contributed by atoms with Gasteiger partial charge in [-0.25, -0.2) is 0 Å². The van der Waals surface area contributed by atoms with Crippen LogP contribution in [0.25, 0.3) is 0 Å². The lowest BCUT2D eigenvalue weighted by molar-refractivity contribution is -0.108. The number of carbonyl (C=O) groups excluding carboxylic acids is 2. The number of benzene rings is 1. The van der Waals surface area contributed by atoms with Gasteiger partial charge in [0.25, 0.3) is 5.91 Å². The van der Waals surface area contributed by atoms with E-state index in [0.29, 0.717) is 17.9 Å². The van der Waals surface area contributed by atoms with Gasteiger partial charge >= 0.3 is 0 Å². The molecule has 24 heavy (non-hydrogen) atoms. The van der Waals surface area contributed by atoms with Gasteiger partial charge in [0.05, 0.1) is 6.04 Å². The molecule has 1 aliphatic heterocycles. The molecule has 1 aromatic rings. The number of nitrogens with one attached hydrogen (secondary N) is 2. The Bertz CT molecular complexity index is 569. The van der Waals surface area contributed by atoms with Gasteiger partial charge in [-0.1, -0.05) is 12.1 Å². The first-order valence-electron chi connectivity index (χ1n) is 8.52. The second kappa shape index (κ2) is 8.92. The minimum absolute atomic E-state index is 0.243. The Morgan fingerprint density at radius 1 is 1.46 bits per heavy atom. The number of hydrogen-bond donors (Lipinski definition) is 4. The molecule has 1 aromatic carbocycles. The fourth-order valence-electron chi connectivity index (χ4n) is 3.17. The minimum atomic E-state index is -1.19. The van der Waals surface area contributed by atoms with Crippen LogP contribution in [-0.4, -0.2) is 42.7 Å². The third kappa shape index (κ3) is 4.87. The predicted molar refractivity (Wildman–Crippen MR) is 92.8 cm³/mol. The highest BCUT2D eigenvalue weighted by Crippen LogP contribution is 2.26. The normalized spacial score (nSPS) is 18.0. The van der Waals surface area contributed by atoms with Gasteiger partial charge in [0.1, 0.15) is 12.5 Å². The van der Waals surface area contributed by atoms with Crippen molar-refractivity contribution in [3.05, 3.63) is 34.9 Å². The Kier molecular flexibility index (Phi) is 6.90. The smallest absolute Gasteiger partial charge is 0.251 e. The molecule has 2 atom stereocenters. The molecule has 2 unspecified atom stereocenters. The van der Waals surface area contributed by atoms with Crippen LogP contribution >= 0.6 is 0 Å². The van der Waals surface area contributed by atoms with Gasteiger partial charge in [-0.15, -0.1) is 0 Å². The van der Waals surface area contributed by atoms with E-state index in [9.17, 15) is 14.7 Å². The standard InChI is InChI=1S/C18H27N3O3/c1-12-11-14(13-6-8-20-9-7-13)4-5-15(12)18(24)21-16(17(19)23)3-2-10-22/h4-5,10-11,13,16-17,20,23H,2-3,6-9,19H2,1H3,(H,21,24). The number of hydrogen-bond acceptors (Lipinski definition) is 5. The molecule has 1 aliphatic rings. The van der Waals surface area contributed by atoms with Crippen molar-refractivity contribution in [3.63, 3.8) is 0 Å². The molecule has 0 aromatic heterocycles. The summed E-state index contributed by atoms with van der Waals surface area (Å²) in [5, 5.41) is 15.6. The van der Waals surface area contributed by atoms with Crippen LogP contribution in [0.15, 0.2) is 18.2 Å². The number of aryl methyl sites for hydroxylation is 1. The summed E-state index contributed by atoms with van der Waals surface area (Å²) in [5.74, 6) is 0.262. The molecule has 2 rings (SSSR count). The van der Waals surface area contributed by atoms with Crippen LogP contribution in [-0.2, 0) is 4.79 Å². The van der Waals surface area contributed by atoms with E-state index in [1.165, 1.54) is 5.56 Å². The number of piperidine rings is 1. The third-order valence-corrected chi connectivity index (χ3v) is 4.63. The van der Waals surface area contributed by atoms with Gasteiger partial charge in [-0.2, -0.15) is 0 Å². The fourth-order valence-corrected chi connectivity index (χ4v) is 3.17. The largest absolute Gasteiger partial charge is 0.377 e. The molecule has 0 bridgehead atoms. The van der Waals surface area contributed by atoms with E-state index in [-0.39, 0.29) is 12.3 Å². The Balaban J connectivity index is 2.07. The second-order valence-electron chi connectivity index (χ2n) is 6.41. The quantitative estimate of drug-likeness (QED) is 0.437. The van der Waals surface area contributed by atoms with Crippen LogP contribution in [0, 0.1) is 6.92 Å². The number of aldehydes is 1. The van der Waals surface area contributed by atoms with Crippen molar-refractivity contribution in [2.75, 3.05) is 13.1 Å². The van der Waals surface area contributed by atoms with E-state index in [1.54, 1.807) is 0 Å². The summed E-state index contributed by atoms with van der Waals surface area (Å²) < 4.78 is 0. The van der Waals surface area contributed by atoms with Gasteiger partial charge < -0.3 is 26.3 Å². The SMILES string of the molecule is Cc1cc(C2CCNCC2)ccc1C(=O)NC(CCC=O)C(N)O. The average molecular weight is 333 g/mol. The first-order valence-corrected chi connectivity index (χ1v) is 8.52. The van der Waals surface area contributed by atoms with Gasteiger partial charge in [0.15, 0.2) is 0 Å². The highest BCUT2D eigenvalue weighted by atomic mass is 16.3.